The monoisotopic (exact) mass is 379 g/mol. The number of hydrogen-bond acceptors (Lipinski definition) is 1. The minimum absolute atomic E-state index is 0.0160. The number of carbonyl (C=O) groups is 1. The van der Waals surface area contributed by atoms with Gasteiger partial charge in [0.1, 0.15) is 11.6 Å². The Morgan fingerprint density at radius 3 is 2.45 bits per heavy atom. The van der Waals surface area contributed by atoms with E-state index in [1.807, 2.05) is 0 Å². The number of rotatable bonds is 2. The van der Waals surface area contributed by atoms with Crippen molar-refractivity contribution >= 4 is 50.7 Å². The lowest BCUT2D eigenvalue weighted by molar-refractivity contribution is 0.102. The highest BCUT2D eigenvalue weighted by molar-refractivity contribution is 9.10. The van der Waals surface area contributed by atoms with Gasteiger partial charge in [-0.05, 0) is 40.2 Å². The molecule has 0 saturated carbocycles. The maximum absolute atomic E-state index is 13.6. The fourth-order valence-electron chi connectivity index (χ4n) is 1.55. The Bertz CT molecular complexity index is 651. The van der Waals surface area contributed by atoms with Gasteiger partial charge in [-0.25, -0.2) is 8.78 Å². The van der Waals surface area contributed by atoms with E-state index in [-0.39, 0.29) is 25.8 Å². The second-order valence-corrected chi connectivity index (χ2v) is 5.46. The van der Waals surface area contributed by atoms with Crippen LogP contribution in [0.5, 0.6) is 0 Å². The second kappa shape index (κ2) is 6.08. The first-order valence-electron chi connectivity index (χ1n) is 5.30. The standard InChI is InChI=1S/C13H6BrCl2F2NO/c14-7-4-6(17)5-9(16)12(7)19-13(20)11-8(15)2-1-3-10(11)18/h1-5H,(H,19,20). The molecule has 1 N–H and O–H groups in total. The minimum atomic E-state index is -0.776. The zero-order chi connectivity index (χ0) is 14.9. The van der Waals surface area contributed by atoms with Crippen LogP contribution in [0.15, 0.2) is 34.8 Å². The zero-order valence-corrected chi connectivity index (χ0v) is 12.8. The van der Waals surface area contributed by atoms with Crippen LogP contribution in [0.1, 0.15) is 10.4 Å². The van der Waals surface area contributed by atoms with E-state index in [9.17, 15) is 13.6 Å². The quantitative estimate of drug-likeness (QED) is 0.753. The van der Waals surface area contributed by atoms with Gasteiger partial charge in [-0.15, -0.1) is 0 Å². The Morgan fingerprint density at radius 1 is 1.15 bits per heavy atom. The predicted octanol–water partition coefficient (Wildman–Crippen LogP) is 5.29. The van der Waals surface area contributed by atoms with E-state index in [2.05, 4.69) is 21.2 Å². The highest BCUT2D eigenvalue weighted by Crippen LogP contribution is 2.32. The second-order valence-electron chi connectivity index (χ2n) is 3.80. The Balaban J connectivity index is 2.38. The summed E-state index contributed by atoms with van der Waals surface area (Å²) in [6, 6.07) is 6.05. The van der Waals surface area contributed by atoms with E-state index in [1.54, 1.807) is 0 Å². The molecule has 7 heteroatoms. The Hall–Kier alpha value is -1.17. The summed E-state index contributed by atoms with van der Waals surface area (Å²) in [5.74, 6) is -2.10. The molecule has 0 radical (unpaired) electrons. The Morgan fingerprint density at radius 2 is 1.85 bits per heavy atom. The van der Waals surface area contributed by atoms with Crippen LogP contribution in [0.25, 0.3) is 0 Å². The molecule has 0 aliphatic carbocycles. The smallest absolute Gasteiger partial charge is 0.260 e. The van der Waals surface area contributed by atoms with Gasteiger partial charge >= 0.3 is 0 Å². The molecule has 2 aromatic carbocycles. The van der Waals surface area contributed by atoms with Crippen molar-refractivity contribution in [1.82, 2.24) is 0 Å². The molecule has 104 valence electrons. The van der Waals surface area contributed by atoms with Crippen LogP contribution in [-0.4, -0.2) is 5.91 Å². The maximum Gasteiger partial charge on any atom is 0.260 e. The van der Waals surface area contributed by atoms with Crippen LogP contribution < -0.4 is 5.32 Å². The summed E-state index contributed by atoms with van der Waals surface area (Å²) < 4.78 is 26.9. The van der Waals surface area contributed by atoms with E-state index in [0.29, 0.717) is 0 Å². The molecule has 0 aliphatic rings. The van der Waals surface area contributed by atoms with Gasteiger partial charge in [0.05, 0.1) is 21.3 Å². The maximum atomic E-state index is 13.6. The van der Waals surface area contributed by atoms with Crippen molar-refractivity contribution in [2.75, 3.05) is 5.32 Å². The lowest BCUT2D eigenvalue weighted by Gasteiger charge is -2.11. The molecule has 0 bridgehead atoms. The minimum Gasteiger partial charge on any atom is -0.320 e. The van der Waals surface area contributed by atoms with Crippen LogP contribution in [0.2, 0.25) is 10.0 Å². The average molecular weight is 381 g/mol. The van der Waals surface area contributed by atoms with Crippen LogP contribution >= 0.6 is 39.1 Å². The molecule has 20 heavy (non-hydrogen) atoms. The first-order chi connectivity index (χ1) is 9.40. The number of carbonyl (C=O) groups excluding carboxylic acids is 1. The summed E-state index contributed by atoms with van der Waals surface area (Å²) in [5, 5.41) is 2.35. The molecular weight excluding hydrogens is 375 g/mol. The molecule has 2 nitrogen and oxygen atoms in total. The van der Waals surface area contributed by atoms with Gasteiger partial charge in [0.2, 0.25) is 0 Å². The largest absolute Gasteiger partial charge is 0.320 e. The van der Waals surface area contributed by atoms with Crippen LogP contribution in [0.3, 0.4) is 0 Å². The van der Waals surface area contributed by atoms with E-state index >= 15 is 0 Å². The summed E-state index contributed by atoms with van der Waals surface area (Å²) in [5.41, 5.74) is -0.168. The van der Waals surface area contributed by atoms with Gasteiger partial charge in [-0.1, -0.05) is 29.3 Å². The average Bonchev–Trinajstić information content (AvgIpc) is 2.33. The molecule has 0 atom stereocenters. The van der Waals surface area contributed by atoms with Gasteiger partial charge in [-0.2, -0.15) is 0 Å². The summed E-state index contributed by atoms with van der Waals surface area (Å²) >= 11 is 14.7. The fraction of sp³-hybridized carbons (Fsp3) is 0. The summed E-state index contributed by atoms with van der Waals surface area (Å²) in [4.78, 5) is 12.0. The SMILES string of the molecule is O=C(Nc1c(Cl)cc(F)cc1Br)c1c(F)cccc1Cl. The number of halogens is 5. The van der Waals surface area contributed by atoms with Crippen molar-refractivity contribution in [3.05, 3.63) is 62.0 Å². The van der Waals surface area contributed by atoms with Crippen molar-refractivity contribution in [2.24, 2.45) is 0 Å². The molecular formula is C13H6BrCl2F2NO. The Labute approximate surface area is 131 Å². The van der Waals surface area contributed by atoms with Gasteiger partial charge < -0.3 is 5.32 Å². The van der Waals surface area contributed by atoms with E-state index in [0.717, 1.165) is 18.2 Å². The van der Waals surface area contributed by atoms with Crippen molar-refractivity contribution in [3.63, 3.8) is 0 Å². The number of hydrogen-bond donors (Lipinski definition) is 1. The van der Waals surface area contributed by atoms with Crippen LogP contribution in [-0.2, 0) is 0 Å². The van der Waals surface area contributed by atoms with E-state index in [4.69, 9.17) is 23.2 Å². The number of anilines is 1. The van der Waals surface area contributed by atoms with Crippen molar-refractivity contribution < 1.29 is 13.6 Å². The summed E-state index contributed by atoms with van der Waals surface area (Å²) in [6.07, 6.45) is 0. The third-order valence-corrected chi connectivity index (χ3v) is 3.67. The lowest BCUT2D eigenvalue weighted by Crippen LogP contribution is -2.15. The summed E-state index contributed by atoms with van der Waals surface area (Å²) in [6.45, 7) is 0. The molecule has 0 saturated heterocycles. The van der Waals surface area contributed by atoms with E-state index in [1.165, 1.54) is 12.1 Å². The lowest BCUT2D eigenvalue weighted by atomic mass is 10.2. The molecule has 1 amide bonds. The van der Waals surface area contributed by atoms with Gasteiger partial charge in [0, 0.05) is 4.47 Å². The van der Waals surface area contributed by atoms with Gasteiger partial charge in [0.25, 0.3) is 5.91 Å². The molecule has 0 aromatic heterocycles. The number of amides is 1. The number of nitrogens with one attached hydrogen (secondary N) is 1. The molecule has 0 unspecified atom stereocenters. The van der Waals surface area contributed by atoms with Crippen molar-refractivity contribution in [1.29, 1.82) is 0 Å². The Kier molecular flexibility index (Phi) is 4.62. The van der Waals surface area contributed by atoms with Gasteiger partial charge in [0.15, 0.2) is 0 Å². The molecule has 2 rings (SSSR count). The third-order valence-electron chi connectivity index (χ3n) is 2.44. The zero-order valence-electron chi connectivity index (χ0n) is 9.68. The first kappa shape index (κ1) is 15.2. The molecule has 0 spiro atoms. The van der Waals surface area contributed by atoms with Crippen LogP contribution in [0, 0.1) is 11.6 Å². The molecule has 2 aromatic rings. The normalized spacial score (nSPS) is 10.4. The highest BCUT2D eigenvalue weighted by Gasteiger charge is 2.18. The summed E-state index contributed by atoms with van der Waals surface area (Å²) in [7, 11) is 0. The number of benzene rings is 2. The topological polar surface area (TPSA) is 29.1 Å². The predicted molar refractivity (Wildman–Crippen MR) is 78.5 cm³/mol. The van der Waals surface area contributed by atoms with Gasteiger partial charge in [-0.3, -0.25) is 4.79 Å². The highest BCUT2D eigenvalue weighted by atomic mass is 79.9. The molecule has 0 aliphatic heterocycles. The van der Waals surface area contributed by atoms with Crippen molar-refractivity contribution in [3.8, 4) is 0 Å². The molecule has 0 fully saturated rings. The fourth-order valence-corrected chi connectivity index (χ4v) is 2.70. The first-order valence-corrected chi connectivity index (χ1v) is 6.85. The van der Waals surface area contributed by atoms with E-state index < -0.39 is 17.5 Å². The van der Waals surface area contributed by atoms with Crippen molar-refractivity contribution in [2.45, 2.75) is 0 Å². The van der Waals surface area contributed by atoms with Crippen LogP contribution in [0.4, 0.5) is 14.5 Å². The molecule has 0 heterocycles. The third kappa shape index (κ3) is 3.11.